The maximum absolute atomic E-state index is 11.7. The van der Waals surface area contributed by atoms with Gasteiger partial charge < -0.3 is 15.0 Å². The lowest BCUT2D eigenvalue weighted by Crippen LogP contribution is -2.38. The van der Waals surface area contributed by atoms with Crippen LogP contribution < -0.4 is 10.1 Å². The molecule has 0 aliphatic carbocycles. The van der Waals surface area contributed by atoms with Crippen LogP contribution in [0, 0.1) is 0 Å². The van der Waals surface area contributed by atoms with Gasteiger partial charge in [-0.1, -0.05) is 23.9 Å². The molecule has 0 atom stereocenters. The van der Waals surface area contributed by atoms with Crippen LogP contribution in [-0.4, -0.2) is 48.5 Å². The van der Waals surface area contributed by atoms with Gasteiger partial charge in [0.2, 0.25) is 5.91 Å². The predicted molar refractivity (Wildman–Crippen MR) is 79.1 cm³/mol. The molecule has 1 saturated heterocycles. The minimum absolute atomic E-state index is 0.00435. The van der Waals surface area contributed by atoms with Crippen LogP contribution >= 0.6 is 11.8 Å². The fourth-order valence-corrected chi connectivity index (χ4v) is 2.76. The molecule has 0 unspecified atom stereocenters. The Balaban J connectivity index is 1.69. The molecule has 1 aromatic rings. The van der Waals surface area contributed by atoms with E-state index in [9.17, 15) is 9.59 Å². The lowest BCUT2D eigenvalue weighted by molar-refractivity contribution is -0.121. The number of hydrogen-bond donors (Lipinski definition) is 1. The van der Waals surface area contributed by atoms with Gasteiger partial charge in [0.25, 0.3) is 5.24 Å². The number of carbonyl (C=O) groups is 2. The van der Waals surface area contributed by atoms with E-state index in [4.69, 9.17) is 4.74 Å². The Bertz CT molecular complexity index is 476. The molecule has 1 aliphatic heterocycles. The van der Waals surface area contributed by atoms with Crippen molar-refractivity contribution in [3.8, 4) is 5.75 Å². The topological polar surface area (TPSA) is 58.6 Å². The molecule has 1 heterocycles. The first-order chi connectivity index (χ1) is 9.69. The summed E-state index contributed by atoms with van der Waals surface area (Å²) in [4.78, 5) is 24.6. The van der Waals surface area contributed by atoms with Crippen LogP contribution in [0.4, 0.5) is 4.79 Å². The van der Waals surface area contributed by atoms with Crippen LogP contribution in [0.1, 0.15) is 5.56 Å². The second-order valence-electron chi connectivity index (χ2n) is 4.48. The number of rotatable bonds is 6. The minimum atomic E-state index is -0.102. The highest BCUT2D eigenvalue weighted by Gasteiger charge is 2.22. The van der Waals surface area contributed by atoms with E-state index in [0.29, 0.717) is 13.1 Å². The molecule has 0 radical (unpaired) electrons. The molecule has 1 N–H and O–H groups in total. The van der Waals surface area contributed by atoms with Crippen molar-refractivity contribution in [2.45, 2.75) is 6.42 Å². The molecule has 2 rings (SSSR count). The Morgan fingerprint density at radius 2 is 2.15 bits per heavy atom. The van der Waals surface area contributed by atoms with Crippen molar-refractivity contribution in [1.29, 1.82) is 0 Å². The SMILES string of the molecule is COc1ccc(CCNC(=O)CN2CCSC2=O)cc1. The number of ether oxygens (including phenoxy) is 1. The van der Waals surface area contributed by atoms with Gasteiger partial charge in [-0.05, 0) is 24.1 Å². The molecular weight excluding hydrogens is 276 g/mol. The minimum Gasteiger partial charge on any atom is -0.497 e. The number of carbonyl (C=O) groups excluding carboxylic acids is 2. The Hall–Kier alpha value is -1.69. The maximum atomic E-state index is 11.7. The second-order valence-corrected chi connectivity index (χ2v) is 5.53. The Morgan fingerprint density at radius 1 is 1.40 bits per heavy atom. The van der Waals surface area contributed by atoms with Gasteiger partial charge in [0, 0.05) is 18.8 Å². The van der Waals surface area contributed by atoms with Crippen molar-refractivity contribution >= 4 is 22.9 Å². The highest BCUT2D eigenvalue weighted by molar-refractivity contribution is 8.13. The zero-order chi connectivity index (χ0) is 14.4. The average Bonchev–Trinajstić information content (AvgIpc) is 2.85. The van der Waals surface area contributed by atoms with Gasteiger partial charge in [-0.25, -0.2) is 0 Å². The second kappa shape index (κ2) is 7.19. The number of thioether (sulfide) groups is 1. The summed E-state index contributed by atoms with van der Waals surface area (Å²) in [6, 6.07) is 7.76. The first-order valence-corrected chi connectivity index (χ1v) is 7.49. The van der Waals surface area contributed by atoms with Gasteiger partial charge in [0.1, 0.15) is 12.3 Å². The largest absolute Gasteiger partial charge is 0.497 e. The molecule has 1 fully saturated rings. The van der Waals surface area contributed by atoms with Crippen molar-refractivity contribution in [1.82, 2.24) is 10.2 Å². The standard InChI is InChI=1S/C14H18N2O3S/c1-19-12-4-2-11(3-5-12)6-7-15-13(17)10-16-8-9-20-14(16)18/h2-5H,6-10H2,1H3,(H,15,17). The summed E-state index contributed by atoms with van der Waals surface area (Å²) in [5.74, 6) is 1.50. The van der Waals surface area contributed by atoms with E-state index in [-0.39, 0.29) is 17.7 Å². The van der Waals surface area contributed by atoms with E-state index in [1.807, 2.05) is 24.3 Å². The summed E-state index contributed by atoms with van der Waals surface area (Å²) in [5, 5.41) is 2.83. The normalized spacial score (nSPS) is 14.4. The van der Waals surface area contributed by atoms with E-state index in [1.165, 1.54) is 11.8 Å². The zero-order valence-electron chi connectivity index (χ0n) is 11.4. The number of nitrogens with one attached hydrogen (secondary N) is 1. The summed E-state index contributed by atoms with van der Waals surface area (Å²) >= 11 is 1.27. The molecular formula is C14H18N2O3S. The summed E-state index contributed by atoms with van der Waals surface area (Å²) in [5.41, 5.74) is 1.14. The first-order valence-electron chi connectivity index (χ1n) is 6.50. The average molecular weight is 294 g/mol. The third-order valence-electron chi connectivity index (χ3n) is 3.07. The van der Waals surface area contributed by atoms with Crippen LogP contribution in [-0.2, 0) is 11.2 Å². The van der Waals surface area contributed by atoms with Crippen molar-refractivity contribution in [3.63, 3.8) is 0 Å². The Morgan fingerprint density at radius 3 is 2.75 bits per heavy atom. The van der Waals surface area contributed by atoms with E-state index in [1.54, 1.807) is 12.0 Å². The van der Waals surface area contributed by atoms with Crippen LogP contribution in [0.5, 0.6) is 5.75 Å². The molecule has 1 aromatic carbocycles. The van der Waals surface area contributed by atoms with Gasteiger partial charge >= 0.3 is 0 Å². The molecule has 20 heavy (non-hydrogen) atoms. The molecule has 108 valence electrons. The summed E-state index contributed by atoms with van der Waals surface area (Å²) in [6.07, 6.45) is 0.762. The van der Waals surface area contributed by atoms with Crippen LogP contribution in [0.3, 0.4) is 0 Å². The number of benzene rings is 1. The van der Waals surface area contributed by atoms with Crippen molar-refractivity contribution in [2.75, 3.05) is 32.5 Å². The lowest BCUT2D eigenvalue weighted by atomic mass is 10.1. The fourth-order valence-electron chi connectivity index (χ4n) is 1.94. The molecule has 0 spiro atoms. The zero-order valence-corrected chi connectivity index (χ0v) is 12.2. The van der Waals surface area contributed by atoms with Crippen molar-refractivity contribution in [3.05, 3.63) is 29.8 Å². The van der Waals surface area contributed by atoms with Crippen molar-refractivity contribution in [2.24, 2.45) is 0 Å². The van der Waals surface area contributed by atoms with Gasteiger partial charge in [0.05, 0.1) is 7.11 Å². The maximum Gasteiger partial charge on any atom is 0.282 e. The van der Waals surface area contributed by atoms with Gasteiger partial charge in [-0.3, -0.25) is 9.59 Å². The summed E-state index contributed by atoms with van der Waals surface area (Å²) < 4.78 is 5.09. The highest BCUT2D eigenvalue weighted by Crippen LogP contribution is 2.16. The molecule has 2 amide bonds. The third kappa shape index (κ3) is 4.16. The fraction of sp³-hybridized carbons (Fsp3) is 0.429. The smallest absolute Gasteiger partial charge is 0.282 e. The number of hydrogen-bond acceptors (Lipinski definition) is 4. The van der Waals surface area contributed by atoms with Gasteiger partial charge in [-0.15, -0.1) is 0 Å². The quantitative estimate of drug-likeness (QED) is 0.864. The predicted octanol–water partition coefficient (Wildman–Crippen LogP) is 1.52. The number of amides is 2. The Kier molecular flexibility index (Phi) is 5.29. The molecule has 1 aliphatic rings. The van der Waals surface area contributed by atoms with Crippen LogP contribution in [0.15, 0.2) is 24.3 Å². The Labute approximate surface area is 122 Å². The lowest BCUT2D eigenvalue weighted by Gasteiger charge is -2.14. The molecule has 0 aromatic heterocycles. The van der Waals surface area contributed by atoms with Gasteiger partial charge in [-0.2, -0.15) is 0 Å². The molecule has 0 saturated carbocycles. The van der Waals surface area contributed by atoms with E-state index >= 15 is 0 Å². The first kappa shape index (κ1) is 14.7. The van der Waals surface area contributed by atoms with E-state index in [0.717, 1.165) is 23.5 Å². The number of methoxy groups -OCH3 is 1. The highest BCUT2D eigenvalue weighted by atomic mass is 32.2. The summed E-state index contributed by atoms with van der Waals surface area (Å²) in [6.45, 7) is 1.39. The summed E-state index contributed by atoms with van der Waals surface area (Å²) in [7, 11) is 1.63. The van der Waals surface area contributed by atoms with Crippen LogP contribution in [0.2, 0.25) is 0 Å². The van der Waals surface area contributed by atoms with Crippen molar-refractivity contribution < 1.29 is 14.3 Å². The number of nitrogens with zero attached hydrogens (tertiary/aromatic N) is 1. The van der Waals surface area contributed by atoms with Gasteiger partial charge in [0.15, 0.2) is 0 Å². The van der Waals surface area contributed by atoms with E-state index in [2.05, 4.69) is 5.32 Å². The monoisotopic (exact) mass is 294 g/mol. The van der Waals surface area contributed by atoms with Crippen LogP contribution in [0.25, 0.3) is 0 Å². The van der Waals surface area contributed by atoms with E-state index < -0.39 is 0 Å². The molecule has 0 bridgehead atoms. The molecule has 5 nitrogen and oxygen atoms in total. The third-order valence-corrected chi connectivity index (χ3v) is 3.97. The molecule has 6 heteroatoms.